The van der Waals surface area contributed by atoms with Gasteiger partial charge in [0.05, 0.1) is 12.2 Å². The predicted molar refractivity (Wildman–Crippen MR) is 181 cm³/mol. The Hall–Kier alpha value is -1.58. The molecule has 0 aromatic rings. The number of esters is 2. The van der Waals surface area contributed by atoms with Crippen molar-refractivity contribution in [1.29, 1.82) is 0 Å². The average molecular weight is 591 g/mol. The highest BCUT2D eigenvalue weighted by Crippen LogP contribution is 2.15. The van der Waals surface area contributed by atoms with E-state index in [2.05, 4.69) is 13.8 Å². The number of rotatable bonds is 31. The standard InChI is InChI=1S/C38H70O4/c1-5-7-9-11-13-15-17-18-19-20-21-23-25-27-29-31-33-41-38(40)36(4)34-42-37(39)35(3)32-30-28-26-24-22-16-14-12-10-8-6-2/h32,34H,5-31,33H2,1-4H3/b35-32+,36-34+. The Kier molecular flexibility index (Phi) is 31.1. The summed E-state index contributed by atoms with van der Waals surface area (Å²) in [6.07, 6.45) is 38.2. The molecule has 0 aromatic carbocycles. The fourth-order valence-corrected chi connectivity index (χ4v) is 5.25. The molecule has 0 aliphatic carbocycles. The highest BCUT2D eigenvalue weighted by atomic mass is 16.5. The summed E-state index contributed by atoms with van der Waals surface area (Å²) in [4.78, 5) is 24.4. The summed E-state index contributed by atoms with van der Waals surface area (Å²) in [6.45, 7) is 8.37. The molecule has 0 spiro atoms. The molecule has 4 nitrogen and oxygen atoms in total. The van der Waals surface area contributed by atoms with Crippen molar-refractivity contribution >= 4 is 11.9 Å². The second-order valence-corrected chi connectivity index (χ2v) is 12.5. The molecule has 0 N–H and O–H groups in total. The zero-order valence-electron chi connectivity index (χ0n) is 28.6. The zero-order valence-corrected chi connectivity index (χ0v) is 28.6. The van der Waals surface area contributed by atoms with E-state index in [0.29, 0.717) is 17.8 Å². The van der Waals surface area contributed by atoms with Gasteiger partial charge < -0.3 is 9.47 Å². The van der Waals surface area contributed by atoms with Crippen LogP contribution in [0.15, 0.2) is 23.5 Å². The van der Waals surface area contributed by atoms with Gasteiger partial charge in [-0.3, -0.25) is 0 Å². The van der Waals surface area contributed by atoms with Crippen molar-refractivity contribution in [1.82, 2.24) is 0 Å². The molecule has 0 saturated carbocycles. The van der Waals surface area contributed by atoms with Crippen molar-refractivity contribution in [3.8, 4) is 0 Å². The third kappa shape index (κ3) is 28.5. The Morgan fingerprint density at radius 1 is 0.452 bits per heavy atom. The quantitative estimate of drug-likeness (QED) is 0.0349. The first-order valence-electron chi connectivity index (χ1n) is 18.2. The lowest BCUT2D eigenvalue weighted by Gasteiger charge is -2.06. The minimum absolute atomic E-state index is 0.322. The molecule has 0 aromatic heterocycles. The Bertz CT molecular complexity index is 679. The number of carbonyl (C=O) groups is 2. The monoisotopic (exact) mass is 591 g/mol. The normalized spacial score (nSPS) is 12.1. The maximum absolute atomic E-state index is 12.2. The molecule has 0 atom stereocenters. The van der Waals surface area contributed by atoms with Crippen LogP contribution >= 0.6 is 0 Å². The Labute approximate surface area is 261 Å². The summed E-state index contributed by atoms with van der Waals surface area (Å²) in [7, 11) is 0. The van der Waals surface area contributed by atoms with Crippen molar-refractivity contribution in [2.75, 3.05) is 6.61 Å². The number of unbranched alkanes of at least 4 members (excludes halogenated alkanes) is 25. The van der Waals surface area contributed by atoms with Crippen molar-refractivity contribution in [3.05, 3.63) is 23.5 Å². The SMILES string of the molecule is CCCCCCCCCCCC/C=C(\C)C(=O)O/C=C(\C)C(=O)OCCCCCCCCCCCCCCCCCC. The highest BCUT2D eigenvalue weighted by Gasteiger charge is 2.09. The van der Waals surface area contributed by atoms with E-state index < -0.39 is 11.9 Å². The molecule has 42 heavy (non-hydrogen) atoms. The molecule has 0 aliphatic heterocycles. The topological polar surface area (TPSA) is 52.6 Å². The lowest BCUT2D eigenvalue weighted by Crippen LogP contribution is -2.09. The van der Waals surface area contributed by atoms with E-state index in [4.69, 9.17) is 9.47 Å². The average Bonchev–Trinajstić information content (AvgIpc) is 2.99. The Balaban J connectivity index is 3.65. The van der Waals surface area contributed by atoms with Crippen LogP contribution in [0.2, 0.25) is 0 Å². The van der Waals surface area contributed by atoms with E-state index in [1.54, 1.807) is 13.8 Å². The van der Waals surface area contributed by atoms with Gasteiger partial charge in [0, 0.05) is 5.57 Å². The van der Waals surface area contributed by atoms with Crippen LogP contribution in [0.5, 0.6) is 0 Å². The molecular formula is C38H70O4. The fraction of sp³-hybridized carbons (Fsp3) is 0.842. The maximum atomic E-state index is 12.2. The fourth-order valence-electron chi connectivity index (χ4n) is 5.25. The van der Waals surface area contributed by atoms with E-state index in [0.717, 1.165) is 25.7 Å². The van der Waals surface area contributed by atoms with Crippen LogP contribution in [0.1, 0.15) is 201 Å². The largest absolute Gasteiger partial charge is 0.462 e. The molecule has 0 aliphatic rings. The van der Waals surface area contributed by atoms with E-state index in [-0.39, 0.29) is 0 Å². The van der Waals surface area contributed by atoms with Gasteiger partial charge in [-0.1, -0.05) is 174 Å². The maximum Gasteiger partial charge on any atom is 0.338 e. The van der Waals surface area contributed by atoms with Gasteiger partial charge in [-0.25, -0.2) is 9.59 Å². The van der Waals surface area contributed by atoms with Gasteiger partial charge in [0.15, 0.2) is 0 Å². The summed E-state index contributed by atoms with van der Waals surface area (Å²) in [5, 5.41) is 0. The van der Waals surface area contributed by atoms with Crippen LogP contribution in [0.4, 0.5) is 0 Å². The minimum Gasteiger partial charge on any atom is -0.462 e. The van der Waals surface area contributed by atoms with Crippen molar-refractivity contribution < 1.29 is 19.1 Å². The van der Waals surface area contributed by atoms with Crippen LogP contribution in [0.3, 0.4) is 0 Å². The first-order valence-corrected chi connectivity index (χ1v) is 18.2. The van der Waals surface area contributed by atoms with Crippen LogP contribution in [-0.2, 0) is 19.1 Å². The molecular weight excluding hydrogens is 520 g/mol. The first kappa shape index (κ1) is 40.4. The Morgan fingerprint density at radius 3 is 1.21 bits per heavy atom. The first-order chi connectivity index (χ1) is 20.5. The molecule has 0 radical (unpaired) electrons. The number of carbonyl (C=O) groups excluding carboxylic acids is 2. The summed E-state index contributed by atoms with van der Waals surface area (Å²) in [6, 6.07) is 0. The molecule has 0 rings (SSSR count). The van der Waals surface area contributed by atoms with Gasteiger partial charge in [-0.2, -0.15) is 0 Å². The van der Waals surface area contributed by atoms with E-state index in [9.17, 15) is 9.59 Å². The van der Waals surface area contributed by atoms with Crippen LogP contribution in [0, 0.1) is 0 Å². The van der Waals surface area contributed by atoms with Gasteiger partial charge in [-0.15, -0.1) is 0 Å². The number of ether oxygens (including phenoxy) is 2. The Morgan fingerprint density at radius 2 is 0.810 bits per heavy atom. The highest BCUT2D eigenvalue weighted by molar-refractivity contribution is 5.90. The lowest BCUT2D eigenvalue weighted by molar-refractivity contribution is -0.139. The van der Waals surface area contributed by atoms with Crippen LogP contribution in [0.25, 0.3) is 0 Å². The number of hydrogen-bond donors (Lipinski definition) is 0. The number of allylic oxidation sites excluding steroid dienone is 1. The molecule has 0 amide bonds. The van der Waals surface area contributed by atoms with Crippen LogP contribution < -0.4 is 0 Å². The summed E-state index contributed by atoms with van der Waals surface area (Å²) in [5.74, 6) is -0.803. The molecule has 0 fully saturated rings. The van der Waals surface area contributed by atoms with E-state index in [1.807, 2.05) is 6.08 Å². The molecule has 4 heteroatoms. The van der Waals surface area contributed by atoms with Crippen molar-refractivity contribution in [2.24, 2.45) is 0 Å². The third-order valence-corrected chi connectivity index (χ3v) is 8.23. The van der Waals surface area contributed by atoms with Crippen LogP contribution in [-0.4, -0.2) is 18.5 Å². The summed E-state index contributed by atoms with van der Waals surface area (Å²) >= 11 is 0. The smallest absolute Gasteiger partial charge is 0.338 e. The second-order valence-electron chi connectivity index (χ2n) is 12.5. The van der Waals surface area contributed by atoms with Gasteiger partial charge in [0.25, 0.3) is 0 Å². The summed E-state index contributed by atoms with van der Waals surface area (Å²) < 4.78 is 10.6. The summed E-state index contributed by atoms with van der Waals surface area (Å²) in [5.41, 5.74) is 0.916. The third-order valence-electron chi connectivity index (χ3n) is 8.23. The molecule has 0 heterocycles. The van der Waals surface area contributed by atoms with Gasteiger partial charge in [0.2, 0.25) is 0 Å². The lowest BCUT2D eigenvalue weighted by atomic mass is 10.0. The van der Waals surface area contributed by atoms with E-state index >= 15 is 0 Å². The minimum atomic E-state index is -0.407. The molecule has 246 valence electrons. The van der Waals surface area contributed by atoms with Gasteiger partial charge in [-0.05, 0) is 33.1 Å². The van der Waals surface area contributed by atoms with Gasteiger partial charge >= 0.3 is 11.9 Å². The van der Waals surface area contributed by atoms with Crippen molar-refractivity contribution in [2.45, 2.75) is 201 Å². The van der Waals surface area contributed by atoms with E-state index in [1.165, 1.54) is 154 Å². The second kappa shape index (κ2) is 32.3. The van der Waals surface area contributed by atoms with Gasteiger partial charge in [0.1, 0.15) is 6.26 Å². The zero-order chi connectivity index (χ0) is 30.9. The molecule has 0 unspecified atom stereocenters. The molecule has 0 saturated heterocycles. The van der Waals surface area contributed by atoms with Crippen molar-refractivity contribution in [3.63, 3.8) is 0 Å². The predicted octanol–water partition coefficient (Wildman–Crippen LogP) is 12.5. The number of hydrogen-bond acceptors (Lipinski definition) is 4. The molecule has 0 bridgehead atoms.